The number of nitrogens with zero attached hydrogens (tertiary/aromatic N) is 2. The van der Waals surface area contributed by atoms with E-state index in [4.69, 9.17) is 4.42 Å². The number of aryl methyl sites for hydroxylation is 1. The Morgan fingerprint density at radius 2 is 2.15 bits per heavy atom. The van der Waals surface area contributed by atoms with Gasteiger partial charge < -0.3 is 9.32 Å². The summed E-state index contributed by atoms with van der Waals surface area (Å²) >= 11 is 1.76. The lowest BCUT2D eigenvalue weighted by Gasteiger charge is -2.34. The Hall–Kier alpha value is -1.75. The third-order valence-electron chi connectivity index (χ3n) is 3.30. The first-order valence-corrected chi connectivity index (χ1v) is 7.65. The molecule has 104 valence electrons. The molecule has 3 heterocycles. The van der Waals surface area contributed by atoms with Crippen molar-refractivity contribution in [2.24, 2.45) is 0 Å². The zero-order valence-electron chi connectivity index (χ0n) is 11.3. The van der Waals surface area contributed by atoms with Gasteiger partial charge in [0.2, 0.25) is 5.91 Å². The molecule has 0 aliphatic carbocycles. The number of amides is 1. The molecule has 0 N–H and O–H groups in total. The molecule has 1 amide bonds. The van der Waals surface area contributed by atoms with Gasteiger partial charge in [0.15, 0.2) is 0 Å². The van der Waals surface area contributed by atoms with Crippen LogP contribution in [0.1, 0.15) is 28.9 Å². The first-order valence-electron chi connectivity index (χ1n) is 6.60. The molecule has 1 fully saturated rings. The van der Waals surface area contributed by atoms with Gasteiger partial charge in [0, 0.05) is 31.1 Å². The van der Waals surface area contributed by atoms with E-state index in [9.17, 15) is 4.79 Å². The van der Waals surface area contributed by atoms with Crippen LogP contribution in [-0.2, 0) is 11.3 Å². The second kappa shape index (κ2) is 5.71. The van der Waals surface area contributed by atoms with Crippen LogP contribution in [0, 0.1) is 6.92 Å². The maximum Gasteiger partial charge on any atom is 0.224 e. The maximum absolute atomic E-state index is 12.2. The normalized spacial score (nSPS) is 19.4. The molecule has 1 atom stereocenters. The van der Waals surface area contributed by atoms with E-state index in [2.05, 4.69) is 4.98 Å². The zero-order valence-corrected chi connectivity index (χ0v) is 12.1. The summed E-state index contributed by atoms with van der Waals surface area (Å²) in [5.41, 5.74) is 1.09. The lowest BCUT2D eigenvalue weighted by molar-refractivity contribution is -0.133. The van der Waals surface area contributed by atoms with Gasteiger partial charge in [0.05, 0.1) is 0 Å². The molecule has 3 rings (SSSR count). The number of thioether (sulfide) groups is 1. The molecule has 0 aromatic carbocycles. The zero-order chi connectivity index (χ0) is 13.9. The summed E-state index contributed by atoms with van der Waals surface area (Å²) in [4.78, 5) is 18.1. The van der Waals surface area contributed by atoms with E-state index in [1.54, 1.807) is 24.2 Å². The Morgan fingerprint density at radius 3 is 2.85 bits per heavy atom. The first-order chi connectivity index (χ1) is 9.74. The summed E-state index contributed by atoms with van der Waals surface area (Å²) in [6.45, 7) is 2.52. The van der Waals surface area contributed by atoms with Gasteiger partial charge in [-0.25, -0.2) is 0 Å². The van der Waals surface area contributed by atoms with Crippen molar-refractivity contribution in [1.29, 1.82) is 0 Å². The molecule has 2 aromatic heterocycles. The van der Waals surface area contributed by atoms with Crippen LogP contribution in [0.15, 0.2) is 41.1 Å². The van der Waals surface area contributed by atoms with E-state index in [0.29, 0.717) is 13.0 Å². The van der Waals surface area contributed by atoms with E-state index >= 15 is 0 Å². The number of carbonyl (C=O) groups is 1. The van der Waals surface area contributed by atoms with Crippen LogP contribution in [0.3, 0.4) is 0 Å². The number of carbonyl (C=O) groups excluding carboxylic acids is 1. The Bertz CT molecular complexity index is 597. The standard InChI is InChI=1S/C15H16N2O2S/c1-11-2-3-13(19-11)15-17(14(18)6-9-20-15)10-12-4-7-16-8-5-12/h2-5,7-8,15H,6,9-10H2,1H3. The fourth-order valence-electron chi connectivity index (χ4n) is 2.30. The molecular weight excluding hydrogens is 272 g/mol. The van der Waals surface area contributed by atoms with Crippen LogP contribution in [0.5, 0.6) is 0 Å². The van der Waals surface area contributed by atoms with Gasteiger partial charge >= 0.3 is 0 Å². The Morgan fingerprint density at radius 1 is 1.35 bits per heavy atom. The molecule has 1 aliphatic rings. The van der Waals surface area contributed by atoms with Crippen molar-refractivity contribution in [2.75, 3.05) is 5.75 Å². The molecule has 2 aromatic rings. The van der Waals surface area contributed by atoms with Crippen LogP contribution >= 0.6 is 11.8 Å². The minimum atomic E-state index is -0.0295. The van der Waals surface area contributed by atoms with Gasteiger partial charge in [-0.1, -0.05) is 0 Å². The topological polar surface area (TPSA) is 46.3 Å². The number of hydrogen-bond acceptors (Lipinski definition) is 4. The summed E-state index contributed by atoms with van der Waals surface area (Å²) in [5, 5.41) is -0.0295. The van der Waals surface area contributed by atoms with E-state index in [1.807, 2.05) is 36.1 Å². The largest absolute Gasteiger partial charge is 0.463 e. The van der Waals surface area contributed by atoms with Crippen molar-refractivity contribution in [1.82, 2.24) is 9.88 Å². The van der Waals surface area contributed by atoms with E-state index in [0.717, 1.165) is 22.8 Å². The Balaban J connectivity index is 1.85. The maximum atomic E-state index is 12.2. The molecule has 0 bridgehead atoms. The lowest BCUT2D eigenvalue weighted by atomic mass is 10.2. The molecule has 1 saturated heterocycles. The van der Waals surface area contributed by atoms with Crippen LogP contribution in [0.2, 0.25) is 0 Å². The predicted molar refractivity (Wildman–Crippen MR) is 78.0 cm³/mol. The average molecular weight is 288 g/mol. The second-order valence-corrected chi connectivity index (χ2v) is 5.99. The quantitative estimate of drug-likeness (QED) is 0.870. The molecule has 1 aliphatic heterocycles. The molecule has 1 unspecified atom stereocenters. The van der Waals surface area contributed by atoms with Gasteiger partial charge in [0.25, 0.3) is 0 Å². The van der Waals surface area contributed by atoms with Crippen molar-refractivity contribution in [3.05, 3.63) is 53.7 Å². The van der Waals surface area contributed by atoms with E-state index in [1.165, 1.54) is 0 Å². The van der Waals surface area contributed by atoms with E-state index in [-0.39, 0.29) is 11.3 Å². The van der Waals surface area contributed by atoms with Crippen LogP contribution < -0.4 is 0 Å². The highest BCUT2D eigenvalue weighted by Gasteiger charge is 2.31. The third kappa shape index (κ3) is 2.72. The second-order valence-electron chi connectivity index (χ2n) is 4.80. The molecule has 0 radical (unpaired) electrons. The fraction of sp³-hybridized carbons (Fsp3) is 0.333. The number of aromatic nitrogens is 1. The van der Waals surface area contributed by atoms with Crippen molar-refractivity contribution in [3.63, 3.8) is 0 Å². The minimum absolute atomic E-state index is 0.0295. The molecular formula is C15H16N2O2S. The summed E-state index contributed by atoms with van der Waals surface area (Å²) in [5.74, 6) is 2.76. The third-order valence-corrected chi connectivity index (χ3v) is 4.54. The van der Waals surface area contributed by atoms with Gasteiger partial charge in [-0.05, 0) is 36.8 Å². The summed E-state index contributed by atoms with van der Waals surface area (Å²) < 4.78 is 5.71. The summed E-state index contributed by atoms with van der Waals surface area (Å²) in [6.07, 6.45) is 4.10. The number of rotatable bonds is 3. The summed E-state index contributed by atoms with van der Waals surface area (Å²) in [7, 11) is 0. The van der Waals surface area contributed by atoms with Gasteiger partial charge in [-0.15, -0.1) is 11.8 Å². The highest BCUT2D eigenvalue weighted by molar-refractivity contribution is 7.99. The number of furan rings is 1. The smallest absolute Gasteiger partial charge is 0.224 e. The number of hydrogen-bond donors (Lipinski definition) is 0. The highest BCUT2D eigenvalue weighted by atomic mass is 32.2. The van der Waals surface area contributed by atoms with Crippen LogP contribution in [0.4, 0.5) is 0 Å². The van der Waals surface area contributed by atoms with Crippen molar-refractivity contribution >= 4 is 17.7 Å². The average Bonchev–Trinajstić information content (AvgIpc) is 2.89. The highest BCUT2D eigenvalue weighted by Crippen LogP contribution is 2.38. The molecule has 0 spiro atoms. The van der Waals surface area contributed by atoms with Gasteiger partial charge in [0.1, 0.15) is 16.9 Å². The molecule has 5 heteroatoms. The monoisotopic (exact) mass is 288 g/mol. The van der Waals surface area contributed by atoms with Crippen LogP contribution in [-0.4, -0.2) is 21.5 Å². The fourth-order valence-corrected chi connectivity index (χ4v) is 3.48. The van der Waals surface area contributed by atoms with Crippen LogP contribution in [0.25, 0.3) is 0 Å². The SMILES string of the molecule is Cc1ccc(C2SCCC(=O)N2Cc2ccncc2)o1. The first kappa shape index (κ1) is 13.2. The lowest BCUT2D eigenvalue weighted by Crippen LogP contribution is -2.36. The predicted octanol–water partition coefficient (Wildman–Crippen LogP) is 3.15. The molecule has 20 heavy (non-hydrogen) atoms. The van der Waals surface area contributed by atoms with E-state index < -0.39 is 0 Å². The molecule has 0 saturated carbocycles. The van der Waals surface area contributed by atoms with Crippen molar-refractivity contribution in [3.8, 4) is 0 Å². The van der Waals surface area contributed by atoms with Gasteiger partial charge in [-0.3, -0.25) is 9.78 Å². The van der Waals surface area contributed by atoms with Crippen molar-refractivity contribution < 1.29 is 9.21 Å². The van der Waals surface area contributed by atoms with Gasteiger partial charge in [-0.2, -0.15) is 0 Å². The van der Waals surface area contributed by atoms with Crippen molar-refractivity contribution in [2.45, 2.75) is 25.3 Å². The Labute approximate surface area is 122 Å². The minimum Gasteiger partial charge on any atom is -0.463 e. The Kier molecular flexibility index (Phi) is 3.78. The number of pyridine rings is 1. The summed E-state index contributed by atoms with van der Waals surface area (Å²) in [6, 6.07) is 7.79. The molecule has 4 nitrogen and oxygen atoms in total.